The third-order valence-corrected chi connectivity index (χ3v) is 7.76. The lowest BCUT2D eigenvalue weighted by Gasteiger charge is -2.24. The summed E-state index contributed by atoms with van der Waals surface area (Å²) in [7, 11) is 0. The normalized spacial score (nSPS) is 15.2. The molecule has 36 heavy (non-hydrogen) atoms. The highest BCUT2D eigenvalue weighted by atomic mass is 127. The van der Waals surface area contributed by atoms with Crippen LogP contribution in [0, 0.1) is 21.8 Å². The molecule has 1 aliphatic rings. The number of nitriles is 1. The fourth-order valence-corrected chi connectivity index (χ4v) is 6.68. The van der Waals surface area contributed by atoms with Crippen LogP contribution in [-0.4, -0.2) is 23.8 Å². The van der Waals surface area contributed by atoms with E-state index >= 15 is 0 Å². The van der Waals surface area contributed by atoms with E-state index in [-0.39, 0.29) is 18.8 Å². The van der Waals surface area contributed by atoms with Crippen molar-refractivity contribution < 1.29 is 14.3 Å². The lowest BCUT2D eigenvalue weighted by Crippen LogP contribution is -2.39. The van der Waals surface area contributed by atoms with E-state index in [0.717, 1.165) is 19.2 Å². The minimum Gasteiger partial charge on any atom is -0.477 e. The Hall–Kier alpha value is -2.75. The highest BCUT2D eigenvalue weighted by Gasteiger charge is 2.33. The van der Waals surface area contributed by atoms with Gasteiger partial charge in [-0.3, -0.25) is 9.36 Å². The second-order valence-electron chi connectivity index (χ2n) is 7.97. The summed E-state index contributed by atoms with van der Waals surface area (Å²) in [4.78, 5) is 31.9. The monoisotopic (exact) mass is 677 g/mol. The maximum atomic E-state index is 13.8. The molecule has 0 bridgehead atoms. The maximum absolute atomic E-state index is 13.8. The molecule has 0 aliphatic carbocycles. The van der Waals surface area contributed by atoms with Crippen LogP contribution in [0.2, 0.25) is 0 Å². The molecule has 0 spiro atoms. The minimum absolute atomic E-state index is 0.116. The molecule has 1 atom stereocenters. The van der Waals surface area contributed by atoms with Gasteiger partial charge in [0, 0.05) is 10.0 Å². The summed E-state index contributed by atoms with van der Waals surface area (Å²) in [6.45, 7) is 5.58. The fourth-order valence-electron chi connectivity index (χ4n) is 3.94. The second-order valence-corrected chi connectivity index (χ2v) is 11.1. The van der Waals surface area contributed by atoms with Gasteiger partial charge in [-0.05, 0) is 67.1 Å². The number of benzene rings is 2. The number of thiazole rings is 1. The van der Waals surface area contributed by atoms with Gasteiger partial charge in [-0.25, -0.2) is 9.79 Å². The van der Waals surface area contributed by atoms with E-state index in [9.17, 15) is 9.59 Å². The van der Waals surface area contributed by atoms with Crippen LogP contribution in [0.25, 0.3) is 6.08 Å². The number of aromatic nitrogens is 1. The molecule has 1 aliphatic heterocycles. The quantitative estimate of drug-likeness (QED) is 0.285. The Morgan fingerprint density at radius 3 is 2.69 bits per heavy atom. The molecule has 0 fully saturated rings. The molecule has 0 saturated heterocycles. The Morgan fingerprint density at radius 1 is 1.31 bits per heavy atom. The molecule has 4 rings (SSSR count). The lowest BCUT2D eigenvalue weighted by molar-refractivity contribution is -0.139. The lowest BCUT2D eigenvalue weighted by atomic mass is 9.95. The van der Waals surface area contributed by atoms with Crippen molar-refractivity contribution in [1.29, 1.82) is 5.26 Å². The largest absolute Gasteiger partial charge is 0.477 e. The highest BCUT2D eigenvalue weighted by Crippen LogP contribution is 2.32. The summed E-state index contributed by atoms with van der Waals surface area (Å²) >= 11 is 6.86. The van der Waals surface area contributed by atoms with Crippen molar-refractivity contribution in [3.05, 3.63) is 92.1 Å². The number of carbonyl (C=O) groups is 1. The van der Waals surface area contributed by atoms with Gasteiger partial charge >= 0.3 is 5.97 Å². The SMILES string of the molecule is CCOC(=O)C1=C(C)N=c2s/c(=C\c3cc(Br)cc(I)c3OCC#N)c(=O)n2[C@H]1c1ccc(C)cc1. The maximum Gasteiger partial charge on any atom is 0.338 e. The predicted octanol–water partition coefficient (Wildman–Crippen LogP) is 4.38. The highest BCUT2D eigenvalue weighted by molar-refractivity contribution is 14.1. The molecule has 0 saturated carbocycles. The first kappa shape index (κ1) is 26.3. The number of esters is 1. The average molecular weight is 678 g/mol. The summed E-state index contributed by atoms with van der Waals surface area (Å²) in [5.74, 6) is 0.0250. The summed E-state index contributed by atoms with van der Waals surface area (Å²) < 4.78 is 14.6. The molecular formula is C26H21BrIN3O4S. The van der Waals surface area contributed by atoms with Crippen LogP contribution in [0.1, 0.15) is 36.6 Å². The number of ether oxygens (including phenoxy) is 2. The number of rotatable bonds is 6. The Labute approximate surface area is 233 Å². The molecule has 7 nitrogen and oxygen atoms in total. The van der Waals surface area contributed by atoms with Crippen molar-refractivity contribution in [2.75, 3.05) is 13.2 Å². The summed E-state index contributed by atoms with van der Waals surface area (Å²) in [6, 6.07) is 12.8. The number of carbonyl (C=O) groups excluding carboxylic acids is 1. The fraction of sp³-hybridized carbons (Fsp3) is 0.231. The van der Waals surface area contributed by atoms with Gasteiger partial charge in [0.25, 0.3) is 5.56 Å². The van der Waals surface area contributed by atoms with E-state index in [0.29, 0.717) is 31.9 Å². The molecule has 0 radical (unpaired) electrons. The van der Waals surface area contributed by atoms with Crippen LogP contribution < -0.4 is 19.6 Å². The first-order valence-corrected chi connectivity index (χ1v) is 13.7. The number of allylic oxidation sites excluding steroid dienone is 1. The second kappa shape index (κ2) is 11.1. The summed E-state index contributed by atoms with van der Waals surface area (Å²) in [5, 5.41) is 8.99. The van der Waals surface area contributed by atoms with Crippen LogP contribution in [-0.2, 0) is 9.53 Å². The van der Waals surface area contributed by atoms with Crippen molar-refractivity contribution in [2.45, 2.75) is 26.8 Å². The van der Waals surface area contributed by atoms with Crippen LogP contribution >= 0.6 is 49.9 Å². The van der Waals surface area contributed by atoms with Gasteiger partial charge in [0.2, 0.25) is 0 Å². The first-order valence-electron chi connectivity index (χ1n) is 11.0. The minimum atomic E-state index is -0.667. The molecule has 10 heteroatoms. The molecule has 3 aromatic rings. The van der Waals surface area contributed by atoms with E-state index in [1.807, 2.05) is 49.4 Å². The van der Waals surface area contributed by atoms with Crippen molar-refractivity contribution in [3.63, 3.8) is 0 Å². The van der Waals surface area contributed by atoms with Crippen molar-refractivity contribution in [1.82, 2.24) is 4.57 Å². The van der Waals surface area contributed by atoms with Crippen molar-refractivity contribution in [2.24, 2.45) is 4.99 Å². The molecule has 2 heterocycles. The van der Waals surface area contributed by atoms with Crippen LogP contribution in [0.15, 0.2) is 61.9 Å². The first-order chi connectivity index (χ1) is 17.2. The van der Waals surface area contributed by atoms with E-state index in [1.54, 1.807) is 24.5 Å². The van der Waals surface area contributed by atoms with Crippen LogP contribution in [0.3, 0.4) is 0 Å². The van der Waals surface area contributed by atoms with Crippen LogP contribution in [0.4, 0.5) is 0 Å². The summed E-state index contributed by atoms with van der Waals surface area (Å²) in [5.41, 5.74) is 3.10. The zero-order chi connectivity index (χ0) is 26.0. The number of halogens is 2. The number of nitrogens with zero attached hydrogens (tertiary/aromatic N) is 3. The number of fused-ring (bicyclic) bond motifs is 1. The number of hydrogen-bond acceptors (Lipinski definition) is 7. The summed E-state index contributed by atoms with van der Waals surface area (Å²) in [6.07, 6.45) is 1.74. The van der Waals surface area contributed by atoms with Gasteiger partial charge in [0.15, 0.2) is 11.4 Å². The van der Waals surface area contributed by atoms with Crippen molar-refractivity contribution >= 4 is 61.9 Å². The molecular weight excluding hydrogens is 657 g/mol. The van der Waals surface area contributed by atoms with Gasteiger partial charge in [0.05, 0.1) is 32.0 Å². The van der Waals surface area contributed by atoms with Gasteiger partial charge in [0.1, 0.15) is 11.8 Å². The van der Waals surface area contributed by atoms with Gasteiger partial charge in [-0.15, -0.1) is 0 Å². The third kappa shape index (κ3) is 5.19. The third-order valence-electron chi connectivity index (χ3n) is 5.51. The predicted molar refractivity (Wildman–Crippen MR) is 150 cm³/mol. The molecule has 2 aromatic carbocycles. The molecule has 0 N–H and O–H groups in total. The number of hydrogen-bond donors (Lipinski definition) is 0. The Kier molecular flexibility index (Phi) is 8.12. The standard InChI is InChI=1S/C26H21BrIN3O4S/c1-4-34-25(33)21-15(3)30-26-31(22(21)16-7-5-14(2)6-8-16)24(32)20(36-26)12-17-11-18(27)13-19(28)23(17)35-10-9-29/h5-8,11-13,22H,4,10H2,1-3H3/b20-12-/t22-/m0/s1. The van der Waals surface area contributed by atoms with Gasteiger partial charge in [-0.2, -0.15) is 5.26 Å². The zero-order valence-corrected chi connectivity index (χ0v) is 24.2. The molecule has 0 amide bonds. The van der Waals surface area contributed by atoms with Crippen LogP contribution in [0.5, 0.6) is 5.75 Å². The topological polar surface area (TPSA) is 93.7 Å². The molecule has 0 unspecified atom stereocenters. The zero-order valence-electron chi connectivity index (χ0n) is 19.7. The Morgan fingerprint density at radius 2 is 2.03 bits per heavy atom. The number of aryl methyl sites for hydroxylation is 1. The van der Waals surface area contributed by atoms with Crippen molar-refractivity contribution in [3.8, 4) is 11.8 Å². The molecule has 184 valence electrons. The van der Waals surface area contributed by atoms with E-state index < -0.39 is 12.0 Å². The van der Waals surface area contributed by atoms with E-state index in [4.69, 9.17) is 14.7 Å². The Balaban J connectivity index is 1.96. The smallest absolute Gasteiger partial charge is 0.338 e. The van der Waals surface area contributed by atoms with Gasteiger partial charge in [-0.1, -0.05) is 57.1 Å². The van der Waals surface area contributed by atoms with Gasteiger partial charge < -0.3 is 9.47 Å². The van der Waals surface area contributed by atoms with E-state index in [1.165, 1.54) is 11.3 Å². The average Bonchev–Trinajstić information content (AvgIpc) is 3.12. The van der Waals surface area contributed by atoms with E-state index in [2.05, 4.69) is 43.5 Å². The Bertz CT molecular complexity index is 1600. The molecule has 1 aromatic heterocycles.